The van der Waals surface area contributed by atoms with Crippen LogP contribution in [0.1, 0.15) is 46.0 Å². The maximum absolute atomic E-state index is 4.42. The van der Waals surface area contributed by atoms with Gasteiger partial charge in [0.05, 0.1) is 0 Å². The summed E-state index contributed by atoms with van der Waals surface area (Å²) >= 11 is 0. The zero-order valence-corrected chi connectivity index (χ0v) is 12.7. The topological polar surface area (TPSA) is 36.4 Å². The second-order valence-corrected chi connectivity index (χ2v) is 5.38. The Kier molecular flexibility index (Phi) is 7.49. The van der Waals surface area contributed by atoms with Gasteiger partial charge in [-0.15, -0.1) is 0 Å². The van der Waals surface area contributed by atoms with Gasteiger partial charge in [-0.05, 0) is 57.2 Å². The molecule has 0 unspecified atom stereocenters. The molecule has 0 radical (unpaired) electrons. The van der Waals surface area contributed by atoms with Gasteiger partial charge in [0.25, 0.3) is 0 Å². The van der Waals surface area contributed by atoms with Crippen LogP contribution in [0.4, 0.5) is 0 Å². The highest BCUT2D eigenvalue weighted by molar-refractivity contribution is 5.55. The van der Waals surface area contributed by atoms with E-state index in [-0.39, 0.29) is 0 Å². The SMILES string of the molecule is C=C(/C=C(\N=C/C)N[C@H]1CC[C@@H](CC)CC1)CNC. The quantitative estimate of drug-likeness (QED) is 0.546. The summed E-state index contributed by atoms with van der Waals surface area (Å²) in [4.78, 5) is 4.42. The lowest BCUT2D eigenvalue weighted by Crippen LogP contribution is -2.32. The molecular formula is C16H29N3. The molecule has 3 nitrogen and oxygen atoms in total. The fraction of sp³-hybridized carbons (Fsp3) is 0.688. The summed E-state index contributed by atoms with van der Waals surface area (Å²) in [6.07, 6.45) is 10.4. The van der Waals surface area contributed by atoms with Gasteiger partial charge in [-0.2, -0.15) is 0 Å². The van der Waals surface area contributed by atoms with Crippen LogP contribution in [0.25, 0.3) is 0 Å². The number of hydrogen-bond acceptors (Lipinski definition) is 3. The average Bonchev–Trinajstić information content (AvgIpc) is 2.40. The van der Waals surface area contributed by atoms with Crippen LogP contribution in [0.15, 0.2) is 29.0 Å². The predicted molar refractivity (Wildman–Crippen MR) is 84.5 cm³/mol. The normalized spacial score (nSPS) is 24.7. The second-order valence-electron chi connectivity index (χ2n) is 5.38. The van der Waals surface area contributed by atoms with Crippen molar-refractivity contribution in [3.8, 4) is 0 Å². The first-order chi connectivity index (χ1) is 9.19. The Morgan fingerprint density at radius 3 is 2.53 bits per heavy atom. The van der Waals surface area contributed by atoms with E-state index in [4.69, 9.17) is 0 Å². The highest BCUT2D eigenvalue weighted by atomic mass is 15.1. The number of aliphatic imine (C=N–C) groups is 1. The van der Waals surface area contributed by atoms with Crippen molar-refractivity contribution in [1.82, 2.24) is 10.6 Å². The van der Waals surface area contributed by atoms with Gasteiger partial charge in [0.1, 0.15) is 5.82 Å². The van der Waals surface area contributed by atoms with Crippen molar-refractivity contribution >= 4 is 6.21 Å². The molecule has 0 atom stereocenters. The van der Waals surface area contributed by atoms with E-state index >= 15 is 0 Å². The van der Waals surface area contributed by atoms with Crippen molar-refractivity contribution in [2.75, 3.05) is 13.6 Å². The minimum atomic E-state index is 0.570. The molecule has 1 aliphatic rings. The van der Waals surface area contributed by atoms with Gasteiger partial charge in [-0.1, -0.05) is 19.9 Å². The Morgan fingerprint density at radius 1 is 1.32 bits per heavy atom. The zero-order chi connectivity index (χ0) is 14.1. The highest BCUT2D eigenvalue weighted by Gasteiger charge is 2.20. The molecule has 2 N–H and O–H groups in total. The third kappa shape index (κ3) is 6.06. The molecule has 108 valence electrons. The molecule has 0 aromatic heterocycles. The van der Waals surface area contributed by atoms with Crippen LogP contribution in [-0.2, 0) is 0 Å². The predicted octanol–water partition coefficient (Wildman–Crippen LogP) is 3.25. The number of nitrogens with zero attached hydrogens (tertiary/aromatic N) is 1. The van der Waals surface area contributed by atoms with E-state index in [1.165, 1.54) is 32.1 Å². The Labute approximate surface area is 118 Å². The van der Waals surface area contributed by atoms with E-state index in [0.29, 0.717) is 6.04 Å². The van der Waals surface area contributed by atoms with Crippen molar-refractivity contribution in [1.29, 1.82) is 0 Å². The molecule has 19 heavy (non-hydrogen) atoms. The molecule has 1 rings (SSSR count). The Morgan fingerprint density at radius 2 is 2.00 bits per heavy atom. The van der Waals surface area contributed by atoms with E-state index in [1.807, 2.05) is 26.3 Å². The van der Waals surface area contributed by atoms with Crippen LogP contribution in [0.5, 0.6) is 0 Å². The molecule has 0 saturated heterocycles. The zero-order valence-electron chi connectivity index (χ0n) is 12.7. The third-order valence-electron chi connectivity index (χ3n) is 3.79. The third-order valence-corrected chi connectivity index (χ3v) is 3.79. The highest BCUT2D eigenvalue weighted by Crippen LogP contribution is 2.27. The smallest absolute Gasteiger partial charge is 0.125 e. The van der Waals surface area contributed by atoms with Crippen LogP contribution >= 0.6 is 0 Å². The molecule has 0 spiro atoms. The first-order valence-electron chi connectivity index (χ1n) is 7.48. The first-order valence-corrected chi connectivity index (χ1v) is 7.48. The number of likely N-dealkylation sites (N-methyl/N-ethyl adjacent to an activating group) is 1. The largest absolute Gasteiger partial charge is 0.367 e. The fourth-order valence-electron chi connectivity index (χ4n) is 2.65. The van der Waals surface area contributed by atoms with Gasteiger partial charge in [-0.3, -0.25) is 0 Å². The second kappa shape index (κ2) is 8.92. The number of nitrogens with one attached hydrogen (secondary N) is 2. The van der Waals surface area contributed by atoms with Gasteiger partial charge in [0, 0.05) is 18.8 Å². The molecule has 1 aliphatic carbocycles. The van der Waals surface area contributed by atoms with Crippen LogP contribution in [0.2, 0.25) is 0 Å². The monoisotopic (exact) mass is 263 g/mol. The van der Waals surface area contributed by atoms with Gasteiger partial charge in [0.15, 0.2) is 0 Å². The van der Waals surface area contributed by atoms with Gasteiger partial charge >= 0.3 is 0 Å². The Balaban J connectivity index is 2.52. The van der Waals surface area contributed by atoms with E-state index in [2.05, 4.69) is 29.1 Å². The van der Waals surface area contributed by atoms with Crippen molar-refractivity contribution in [3.63, 3.8) is 0 Å². The molecule has 1 saturated carbocycles. The van der Waals surface area contributed by atoms with Crippen molar-refractivity contribution in [2.45, 2.75) is 52.0 Å². The molecule has 0 bridgehead atoms. The standard InChI is InChI=1S/C16H29N3/c1-5-14-7-9-15(10-8-14)19-16(18-6-2)11-13(3)12-17-4/h6,11,14-15,17,19H,3,5,7-10,12H2,1-2,4H3/b16-11+,18-6-/t14-,15+. The van der Waals surface area contributed by atoms with Gasteiger partial charge in [0.2, 0.25) is 0 Å². The van der Waals surface area contributed by atoms with E-state index in [9.17, 15) is 0 Å². The van der Waals surface area contributed by atoms with E-state index < -0.39 is 0 Å². The molecule has 0 amide bonds. The summed E-state index contributed by atoms with van der Waals surface area (Å²) in [5.41, 5.74) is 1.05. The summed E-state index contributed by atoms with van der Waals surface area (Å²) in [5.74, 6) is 1.88. The van der Waals surface area contributed by atoms with Crippen molar-refractivity contribution in [3.05, 3.63) is 24.0 Å². The average molecular weight is 263 g/mol. The molecule has 3 heteroatoms. The summed E-state index contributed by atoms with van der Waals surface area (Å²) in [7, 11) is 1.93. The summed E-state index contributed by atoms with van der Waals surface area (Å²) in [6.45, 7) is 9.08. The van der Waals surface area contributed by atoms with Crippen molar-refractivity contribution < 1.29 is 0 Å². The molecule has 0 aromatic rings. The first kappa shape index (κ1) is 16.0. The van der Waals surface area contributed by atoms with Crippen LogP contribution in [-0.4, -0.2) is 25.8 Å². The lowest BCUT2D eigenvalue weighted by Gasteiger charge is -2.29. The Hall–Kier alpha value is -1.09. The fourth-order valence-corrected chi connectivity index (χ4v) is 2.65. The van der Waals surface area contributed by atoms with Crippen LogP contribution < -0.4 is 10.6 Å². The number of hydrogen-bond donors (Lipinski definition) is 2. The lowest BCUT2D eigenvalue weighted by molar-refractivity contribution is 0.296. The molecular weight excluding hydrogens is 234 g/mol. The summed E-state index contributed by atoms with van der Waals surface area (Å²) in [5, 5.41) is 6.67. The van der Waals surface area contributed by atoms with Gasteiger partial charge in [-0.25, -0.2) is 4.99 Å². The van der Waals surface area contributed by atoms with Crippen molar-refractivity contribution in [2.24, 2.45) is 10.9 Å². The maximum Gasteiger partial charge on any atom is 0.125 e. The summed E-state index contributed by atoms with van der Waals surface area (Å²) in [6, 6.07) is 0.570. The summed E-state index contributed by atoms with van der Waals surface area (Å²) < 4.78 is 0. The lowest BCUT2D eigenvalue weighted by atomic mass is 9.84. The minimum absolute atomic E-state index is 0.570. The van der Waals surface area contributed by atoms with E-state index in [0.717, 1.165) is 23.9 Å². The Bertz CT molecular complexity index is 323. The molecule has 0 aliphatic heterocycles. The maximum atomic E-state index is 4.42. The minimum Gasteiger partial charge on any atom is -0.367 e. The van der Waals surface area contributed by atoms with Crippen LogP contribution in [0.3, 0.4) is 0 Å². The molecule has 1 fully saturated rings. The van der Waals surface area contributed by atoms with E-state index in [1.54, 1.807) is 0 Å². The molecule has 0 heterocycles. The van der Waals surface area contributed by atoms with Crippen LogP contribution in [0, 0.1) is 5.92 Å². The van der Waals surface area contributed by atoms with Gasteiger partial charge < -0.3 is 10.6 Å². The molecule has 0 aromatic carbocycles. The number of rotatable bonds is 7.